The number of rotatable bonds is 8. The van der Waals surface area contributed by atoms with Crippen LogP contribution in [-0.2, 0) is 14.3 Å². The summed E-state index contributed by atoms with van der Waals surface area (Å²) in [6.07, 6.45) is -1.04. The van der Waals surface area contributed by atoms with Crippen molar-refractivity contribution in [2.24, 2.45) is 0 Å². The van der Waals surface area contributed by atoms with Crippen LogP contribution >= 0.6 is 11.3 Å². The first-order chi connectivity index (χ1) is 14.9. The molecule has 0 aliphatic rings. The fourth-order valence-electron chi connectivity index (χ4n) is 2.78. The average molecular weight is 438 g/mol. The molecule has 0 aliphatic heterocycles. The molecule has 7 nitrogen and oxygen atoms in total. The second kappa shape index (κ2) is 10.5. The summed E-state index contributed by atoms with van der Waals surface area (Å²) in [7, 11) is 0. The summed E-state index contributed by atoms with van der Waals surface area (Å²) >= 11 is 1.29. The Bertz CT molecular complexity index is 1040. The van der Waals surface area contributed by atoms with Crippen molar-refractivity contribution in [3.63, 3.8) is 0 Å². The molecular weight excluding hydrogens is 414 g/mol. The standard InChI is InChI=1S/C23H23N3O4S/c1-15(24-22(29)18-11-7-4-8-12-18)13-20(27)30-16(2)21(28)26-23-25-19(14-31-23)17-9-5-3-6-10-17/h3-12,14-16H,13H2,1-2H3,(H,24,29)(H,25,26,28). The van der Waals surface area contributed by atoms with Crippen LogP contribution in [0.3, 0.4) is 0 Å². The summed E-state index contributed by atoms with van der Waals surface area (Å²) in [5.41, 5.74) is 2.22. The Morgan fingerprint density at radius 2 is 1.65 bits per heavy atom. The lowest BCUT2D eigenvalue weighted by Gasteiger charge is -2.16. The van der Waals surface area contributed by atoms with E-state index in [-0.39, 0.29) is 12.3 Å². The number of thiazole rings is 1. The first-order valence-corrected chi connectivity index (χ1v) is 10.7. The number of esters is 1. The Morgan fingerprint density at radius 3 is 2.32 bits per heavy atom. The minimum Gasteiger partial charge on any atom is -0.452 e. The van der Waals surface area contributed by atoms with E-state index in [1.165, 1.54) is 18.3 Å². The number of amides is 2. The van der Waals surface area contributed by atoms with Crippen LogP contribution in [-0.4, -0.2) is 34.9 Å². The highest BCUT2D eigenvalue weighted by atomic mass is 32.1. The molecule has 2 atom stereocenters. The van der Waals surface area contributed by atoms with Gasteiger partial charge in [-0.1, -0.05) is 48.5 Å². The molecule has 3 rings (SSSR count). The molecule has 2 aromatic carbocycles. The van der Waals surface area contributed by atoms with Gasteiger partial charge < -0.3 is 10.1 Å². The second-order valence-corrected chi connectivity index (χ2v) is 7.83. The average Bonchev–Trinajstić information content (AvgIpc) is 3.23. The van der Waals surface area contributed by atoms with Crippen LogP contribution in [0, 0.1) is 0 Å². The van der Waals surface area contributed by atoms with Crippen LogP contribution in [0.15, 0.2) is 66.0 Å². The van der Waals surface area contributed by atoms with E-state index in [4.69, 9.17) is 4.74 Å². The third kappa shape index (κ3) is 6.48. The Kier molecular flexibility index (Phi) is 7.50. The number of nitrogens with one attached hydrogen (secondary N) is 2. The highest BCUT2D eigenvalue weighted by Crippen LogP contribution is 2.24. The SMILES string of the molecule is CC(CC(=O)OC(C)C(=O)Nc1nc(-c2ccccc2)cs1)NC(=O)c1ccccc1. The van der Waals surface area contributed by atoms with Gasteiger partial charge in [-0.05, 0) is 26.0 Å². The lowest BCUT2D eigenvalue weighted by molar-refractivity contribution is -0.153. The predicted molar refractivity (Wildman–Crippen MR) is 120 cm³/mol. The molecule has 3 aromatic rings. The molecule has 1 heterocycles. The third-order valence-electron chi connectivity index (χ3n) is 4.37. The van der Waals surface area contributed by atoms with E-state index in [9.17, 15) is 14.4 Å². The van der Waals surface area contributed by atoms with E-state index in [0.717, 1.165) is 11.3 Å². The van der Waals surface area contributed by atoms with Gasteiger partial charge in [-0.3, -0.25) is 19.7 Å². The zero-order chi connectivity index (χ0) is 22.2. The topological polar surface area (TPSA) is 97.4 Å². The number of ether oxygens (including phenoxy) is 1. The summed E-state index contributed by atoms with van der Waals surface area (Å²) < 4.78 is 5.21. The van der Waals surface area contributed by atoms with Crippen molar-refractivity contribution < 1.29 is 19.1 Å². The number of hydrogen-bond acceptors (Lipinski definition) is 6. The maximum absolute atomic E-state index is 12.4. The zero-order valence-corrected chi connectivity index (χ0v) is 18.0. The molecule has 2 unspecified atom stereocenters. The van der Waals surface area contributed by atoms with Gasteiger partial charge in [0, 0.05) is 22.5 Å². The minimum atomic E-state index is -0.992. The molecule has 0 fully saturated rings. The van der Waals surface area contributed by atoms with Crippen molar-refractivity contribution >= 4 is 34.3 Å². The lowest BCUT2D eigenvalue weighted by Crippen LogP contribution is -2.36. The molecular formula is C23H23N3O4S. The third-order valence-corrected chi connectivity index (χ3v) is 5.13. The van der Waals surface area contributed by atoms with E-state index in [2.05, 4.69) is 15.6 Å². The summed E-state index contributed by atoms with van der Waals surface area (Å²) in [5, 5.41) is 7.68. The summed E-state index contributed by atoms with van der Waals surface area (Å²) in [5.74, 6) is -1.32. The monoisotopic (exact) mass is 437 g/mol. The molecule has 2 N–H and O–H groups in total. The summed E-state index contributed by atoms with van der Waals surface area (Å²) in [6.45, 7) is 3.19. The highest BCUT2D eigenvalue weighted by Gasteiger charge is 2.21. The first-order valence-electron chi connectivity index (χ1n) is 9.79. The smallest absolute Gasteiger partial charge is 0.308 e. The van der Waals surface area contributed by atoms with Crippen molar-refractivity contribution in [3.05, 3.63) is 71.6 Å². The van der Waals surface area contributed by atoms with Gasteiger partial charge in [-0.15, -0.1) is 11.3 Å². The Hall–Kier alpha value is -3.52. The zero-order valence-electron chi connectivity index (χ0n) is 17.2. The summed E-state index contributed by atoms with van der Waals surface area (Å²) in [6, 6.07) is 17.9. The molecule has 1 aromatic heterocycles. The molecule has 0 saturated heterocycles. The fraction of sp³-hybridized carbons (Fsp3) is 0.217. The summed E-state index contributed by atoms with van der Waals surface area (Å²) in [4.78, 5) is 41.0. The molecule has 0 radical (unpaired) electrons. The molecule has 160 valence electrons. The van der Waals surface area contributed by atoms with Gasteiger partial charge in [0.2, 0.25) is 0 Å². The van der Waals surface area contributed by atoms with Crippen LogP contribution in [0.5, 0.6) is 0 Å². The number of carbonyl (C=O) groups excluding carboxylic acids is 3. The van der Waals surface area contributed by atoms with Crippen LogP contribution in [0.25, 0.3) is 11.3 Å². The number of anilines is 1. The van der Waals surface area contributed by atoms with Crippen LogP contribution in [0.1, 0.15) is 30.6 Å². The predicted octanol–water partition coefficient (Wildman–Crippen LogP) is 3.89. The fourth-order valence-corrected chi connectivity index (χ4v) is 3.50. The first kappa shape index (κ1) is 22.2. The van der Waals surface area contributed by atoms with Crippen molar-refractivity contribution in [2.75, 3.05) is 5.32 Å². The Morgan fingerprint density at radius 1 is 1.00 bits per heavy atom. The van der Waals surface area contributed by atoms with Gasteiger partial charge in [-0.25, -0.2) is 4.98 Å². The van der Waals surface area contributed by atoms with Gasteiger partial charge in [-0.2, -0.15) is 0 Å². The van der Waals surface area contributed by atoms with Gasteiger partial charge in [0.25, 0.3) is 11.8 Å². The van der Waals surface area contributed by atoms with Crippen LogP contribution < -0.4 is 10.6 Å². The second-order valence-electron chi connectivity index (χ2n) is 6.97. The van der Waals surface area contributed by atoms with E-state index >= 15 is 0 Å². The number of carbonyl (C=O) groups is 3. The van der Waals surface area contributed by atoms with Crippen molar-refractivity contribution in [1.82, 2.24) is 10.3 Å². The minimum absolute atomic E-state index is 0.0500. The number of hydrogen-bond donors (Lipinski definition) is 2. The molecule has 0 bridgehead atoms. The normalized spacial score (nSPS) is 12.5. The number of nitrogens with zero attached hydrogens (tertiary/aromatic N) is 1. The molecule has 8 heteroatoms. The molecule has 0 spiro atoms. The van der Waals surface area contributed by atoms with Gasteiger partial charge in [0.05, 0.1) is 12.1 Å². The van der Waals surface area contributed by atoms with E-state index in [1.807, 2.05) is 41.8 Å². The molecule has 31 heavy (non-hydrogen) atoms. The van der Waals surface area contributed by atoms with E-state index < -0.39 is 24.0 Å². The largest absolute Gasteiger partial charge is 0.452 e. The maximum atomic E-state index is 12.4. The van der Waals surface area contributed by atoms with Gasteiger partial charge in [0.15, 0.2) is 11.2 Å². The van der Waals surface area contributed by atoms with Crippen LogP contribution in [0.2, 0.25) is 0 Å². The molecule has 2 amide bonds. The number of benzene rings is 2. The van der Waals surface area contributed by atoms with Crippen LogP contribution in [0.4, 0.5) is 5.13 Å². The maximum Gasteiger partial charge on any atom is 0.308 e. The Labute approximate surface area is 184 Å². The van der Waals surface area contributed by atoms with Crippen molar-refractivity contribution in [1.29, 1.82) is 0 Å². The van der Waals surface area contributed by atoms with Gasteiger partial charge in [0.1, 0.15) is 0 Å². The van der Waals surface area contributed by atoms with Crippen molar-refractivity contribution in [3.8, 4) is 11.3 Å². The quantitative estimate of drug-likeness (QED) is 0.521. The molecule has 0 saturated carbocycles. The van der Waals surface area contributed by atoms with E-state index in [1.54, 1.807) is 31.2 Å². The molecule has 0 aliphatic carbocycles. The van der Waals surface area contributed by atoms with Gasteiger partial charge >= 0.3 is 5.97 Å². The Balaban J connectivity index is 1.46. The lowest BCUT2D eigenvalue weighted by atomic mass is 10.2. The van der Waals surface area contributed by atoms with Crippen molar-refractivity contribution in [2.45, 2.75) is 32.4 Å². The number of aromatic nitrogens is 1. The highest BCUT2D eigenvalue weighted by molar-refractivity contribution is 7.14. The van der Waals surface area contributed by atoms with E-state index in [0.29, 0.717) is 10.7 Å².